The van der Waals surface area contributed by atoms with Crippen molar-refractivity contribution in [3.63, 3.8) is 0 Å². The Hall–Kier alpha value is -0.0800. The Balaban J connectivity index is 1.90. The SMILES string of the molecule is CCNCC1(CN(C)C2CCC(C)(C)CC2)CCCCC1. The van der Waals surface area contributed by atoms with Crippen molar-refractivity contribution in [2.24, 2.45) is 10.8 Å². The Labute approximate surface area is 133 Å². The van der Waals surface area contributed by atoms with Crippen molar-refractivity contribution >= 4 is 0 Å². The van der Waals surface area contributed by atoms with Gasteiger partial charge >= 0.3 is 0 Å². The first-order valence-corrected chi connectivity index (χ1v) is 9.37. The average Bonchev–Trinajstić information content (AvgIpc) is 2.46. The molecule has 0 radical (unpaired) electrons. The highest BCUT2D eigenvalue weighted by Crippen LogP contribution is 2.40. The van der Waals surface area contributed by atoms with Crippen LogP contribution in [0.1, 0.15) is 78.6 Å². The molecule has 0 heterocycles. The smallest absolute Gasteiger partial charge is 0.00928 e. The summed E-state index contributed by atoms with van der Waals surface area (Å²) >= 11 is 0. The Kier molecular flexibility index (Phi) is 6.14. The van der Waals surface area contributed by atoms with Crippen molar-refractivity contribution in [1.29, 1.82) is 0 Å². The van der Waals surface area contributed by atoms with E-state index in [1.807, 2.05) is 0 Å². The van der Waals surface area contributed by atoms with Crippen molar-refractivity contribution in [1.82, 2.24) is 10.2 Å². The monoisotopic (exact) mass is 294 g/mol. The summed E-state index contributed by atoms with van der Waals surface area (Å²) in [5.41, 5.74) is 1.14. The first kappa shape index (κ1) is 17.3. The van der Waals surface area contributed by atoms with E-state index >= 15 is 0 Å². The normalized spacial score (nSPS) is 26.1. The van der Waals surface area contributed by atoms with Gasteiger partial charge in [-0.05, 0) is 62.9 Å². The number of nitrogens with one attached hydrogen (secondary N) is 1. The van der Waals surface area contributed by atoms with Gasteiger partial charge in [0, 0.05) is 19.1 Å². The zero-order valence-electron chi connectivity index (χ0n) is 15.0. The highest BCUT2D eigenvalue weighted by Gasteiger charge is 2.36. The van der Waals surface area contributed by atoms with E-state index in [0.29, 0.717) is 10.8 Å². The van der Waals surface area contributed by atoms with Crippen molar-refractivity contribution in [3.8, 4) is 0 Å². The molecule has 2 aliphatic rings. The largest absolute Gasteiger partial charge is 0.316 e. The maximum atomic E-state index is 3.65. The predicted octanol–water partition coefficient (Wildman–Crippen LogP) is 4.45. The summed E-state index contributed by atoms with van der Waals surface area (Å²) < 4.78 is 0. The third kappa shape index (κ3) is 4.96. The summed E-state index contributed by atoms with van der Waals surface area (Å²) in [5.74, 6) is 0. The minimum Gasteiger partial charge on any atom is -0.316 e. The molecular formula is C19H38N2. The van der Waals surface area contributed by atoms with Gasteiger partial charge in [0.05, 0.1) is 0 Å². The molecule has 0 amide bonds. The van der Waals surface area contributed by atoms with E-state index < -0.39 is 0 Å². The van der Waals surface area contributed by atoms with Gasteiger partial charge in [0.2, 0.25) is 0 Å². The lowest BCUT2D eigenvalue weighted by Crippen LogP contribution is -2.48. The van der Waals surface area contributed by atoms with Gasteiger partial charge in [-0.25, -0.2) is 0 Å². The summed E-state index contributed by atoms with van der Waals surface area (Å²) in [5, 5.41) is 3.65. The highest BCUT2D eigenvalue weighted by atomic mass is 15.1. The van der Waals surface area contributed by atoms with E-state index in [1.165, 1.54) is 70.9 Å². The molecule has 0 aromatic carbocycles. The van der Waals surface area contributed by atoms with Gasteiger partial charge in [-0.1, -0.05) is 40.0 Å². The molecule has 2 saturated carbocycles. The van der Waals surface area contributed by atoms with Crippen LogP contribution in [0.5, 0.6) is 0 Å². The molecule has 2 rings (SSSR count). The molecule has 0 unspecified atom stereocenters. The molecule has 0 aromatic heterocycles. The second kappa shape index (κ2) is 7.46. The molecule has 2 heteroatoms. The molecule has 0 saturated heterocycles. The van der Waals surface area contributed by atoms with Crippen LogP contribution >= 0.6 is 0 Å². The van der Waals surface area contributed by atoms with Gasteiger partial charge < -0.3 is 10.2 Å². The number of nitrogens with zero attached hydrogens (tertiary/aromatic N) is 1. The fourth-order valence-corrected chi connectivity index (χ4v) is 4.57. The summed E-state index contributed by atoms with van der Waals surface area (Å²) in [7, 11) is 2.39. The third-order valence-electron chi connectivity index (χ3n) is 6.18. The molecular weight excluding hydrogens is 256 g/mol. The van der Waals surface area contributed by atoms with E-state index in [9.17, 15) is 0 Å². The minimum atomic E-state index is 0.552. The van der Waals surface area contributed by atoms with Gasteiger partial charge in [-0.3, -0.25) is 0 Å². The Bertz CT molecular complexity index is 295. The summed E-state index contributed by atoms with van der Waals surface area (Å²) in [6.07, 6.45) is 12.8. The quantitative estimate of drug-likeness (QED) is 0.778. The first-order valence-electron chi connectivity index (χ1n) is 9.37. The van der Waals surface area contributed by atoms with Crippen LogP contribution in [0.2, 0.25) is 0 Å². The summed E-state index contributed by atoms with van der Waals surface area (Å²) in [6.45, 7) is 10.8. The second-order valence-corrected chi connectivity index (χ2v) is 8.65. The molecule has 0 aliphatic heterocycles. The van der Waals surface area contributed by atoms with E-state index in [2.05, 4.69) is 38.0 Å². The van der Waals surface area contributed by atoms with Crippen molar-refractivity contribution in [2.75, 3.05) is 26.7 Å². The number of rotatable bonds is 6. The molecule has 0 bridgehead atoms. The molecule has 0 spiro atoms. The fraction of sp³-hybridized carbons (Fsp3) is 1.00. The van der Waals surface area contributed by atoms with E-state index in [1.54, 1.807) is 0 Å². The summed E-state index contributed by atoms with van der Waals surface area (Å²) in [6, 6.07) is 0.832. The van der Waals surface area contributed by atoms with Gasteiger partial charge in [0.15, 0.2) is 0 Å². The molecule has 2 fully saturated rings. The molecule has 2 aliphatic carbocycles. The van der Waals surface area contributed by atoms with Gasteiger partial charge in [0.25, 0.3) is 0 Å². The third-order valence-corrected chi connectivity index (χ3v) is 6.18. The standard InChI is InChI=1S/C19H38N2/c1-5-20-15-19(11-7-6-8-12-19)16-21(4)17-9-13-18(2,3)14-10-17/h17,20H,5-16H2,1-4H3. The van der Waals surface area contributed by atoms with Crippen LogP contribution in [0.15, 0.2) is 0 Å². The predicted molar refractivity (Wildman–Crippen MR) is 92.7 cm³/mol. The van der Waals surface area contributed by atoms with Gasteiger partial charge in [-0.15, -0.1) is 0 Å². The lowest BCUT2D eigenvalue weighted by molar-refractivity contribution is 0.0621. The van der Waals surface area contributed by atoms with Crippen LogP contribution in [-0.4, -0.2) is 37.6 Å². The van der Waals surface area contributed by atoms with Crippen LogP contribution in [0.4, 0.5) is 0 Å². The minimum absolute atomic E-state index is 0.552. The van der Waals surface area contributed by atoms with Gasteiger partial charge in [-0.2, -0.15) is 0 Å². The number of hydrogen-bond acceptors (Lipinski definition) is 2. The van der Waals surface area contributed by atoms with Crippen molar-refractivity contribution < 1.29 is 0 Å². The molecule has 124 valence electrons. The van der Waals surface area contributed by atoms with E-state index in [-0.39, 0.29) is 0 Å². The average molecular weight is 295 g/mol. The topological polar surface area (TPSA) is 15.3 Å². The molecule has 0 atom stereocenters. The van der Waals surface area contributed by atoms with E-state index in [4.69, 9.17) is 0 Å². The Morgan fingerprint density at radius 1 is 1.00 bits per heavy atom. The number of hydrogen-bond donors (Lipinski definition) is 1. The zero-order valence-corrected chi connectivity index (χ0v) is 15.0. The highest BCUT2D eigenvalue weighted by molar-refractivity contribution is 4.90. The second-order valence-electron chi connectivity index (χ2n) is 8.65. The van der Waals surface area contributed by atoms with Crippen molar-refractivity contribution in [2.45, 2.75) is 84.6 Å². The van der Waals surface area contributed by atoms with Gasteiger partial charge in [0.1, 0.15) is 0 Å². The van der Waals surface area contributed by atoms with E-state index in [0.717, 1.165) is 12.6 Å². The Morgan fingerprint density at radius 2 is 1.62 bits per heavy atom. The van der Waals surface area contributed by atoms with Crippen LogP contribution in [0, 0.1) is 10.8 Å². The maximum absolute atomic E-state index is 3.65. The lowest BCUT2D eigenvalue weighted by Gasteiger charge is -2.45. The molecule has 2 nitrogen and oxygen atoms in total. The fourth-order valence-electron chi connectivity index (χ4n) is 4.57. The van der Waals surface area contributed by atoms with Crippen molar-refractivity contribution in [3.05, 3.63) is 0 Å². The van der Waals surface area contributed by atoms with Crippen LogP contribution in [-0.2, 0) is 0 Å². The van der Waals surface area contributed by atoms with Crippen LogP contribution in [0.25, 0.3) is 0 Å². The molecule has 21 heavy (non-hydrogen) atoms. The van der Waals surface area contributed by atoms with Crippen LogP contribution in [0.3, 0.4) is 0 Å². The lowest BCUT2D eigenvalue weighted by atomic mass is 9.72. The summed E-state index contributed by atoms with van der Waals surface area (Å²) in [4.78, 5) is 2.72. The zero-order chi connectivity index (χ0) is 15.3. The maximum Gasteiger partial charge on any atom is 0.00928 e. The van der Waals surface area contributed by atoms with Crippen LogP contribution < -0.4 is 5.32 Å². The molecule has 0 aromatic rings. The Morgan fingerprint density at radius 3 is 2.19 bits per heavy atom. The molecule has 1 N–H and O–H groups in total. The first-order chi connectivity index (χ1) is 9.96.